The van der Waals surface area contributed by atoms with Crippen LogP contribution in [-0.4, -0.2) is 14.2 Å². The number of ether oxygens (including phenoxy) is 2. The Bertz CT molecular complexity index is 655. The number of hydrogen-bond donors (Lipinski definition) is 1. The van der Waals surface area contributed by atoms with Crippen LogP contribution in [0.1, 0.15) is 28.3 Å². The highest BCUT2D eigenvalue weighted by atomic mass is 19.1. The van der Waals surface area contributed by atoms with Crippen LogP contribution in [0.3, 0.4) is 0 Å². The molecule has 1 atom stereocenters. The average Bonchev–Trinajstić information content (AvgIpc) is 2.48. The highest BCUT2D eigenvalue weighted by Gasteiger charge is 2.22. The number of benzene rings is 2. The smallest absolute Gasteiger partial charge is 0.132 e. The number of rotatable bonds is 4. The fourth-order valence-electron chi connectivity index (χ4n) is 2.48. The van der Waals surface area contributed by atoms with Gasteiger partial charge in [-0.15, -0.1) is 0 Å². The summed E-state index contributed by atoms with van der Waals surface area (Å²) in [5.41, 5.74) is 9.46. The van der Waals surface area contributed by atoms with Crippen molar-refractivity contribution < 1.29 is 13.9 Å². The van der Waals surface area contributed by atoms with E-state index in [2.05, 4.69) is 0 Å². The van der Waals surface area contributed by atoms with Gasteiger partial charge in [0, 0.05) is 5.56 Å². The molecule has 2 aromatic carbocycles. The molecule has 0 heterocycles. The van der Waals surface area contributed by atoms with Gasteiger partial charge in [0.25, 0.3) is 0 Å². The summed E-state index contributed by atoms with van der Waals surface area (Å²) >= 11 is 0. The van der Waals surface area contributed by atoms with Crippen molar-refractivity contribution in [2.75, 3.05) is 14.2 Å². The number of hydrogen-bond acceptors (Lipinski definition) is 3. The monoisotopic (exact) mass is 289 g/mol. The zero-order valence-corrected chi connectivity index (χ0v) is 12.7. The first-order valence-corrected chi connectivity index (χ1v) is 6.73. The minimum Gasteiger partial charge on any atom is -0.496 e. The van der Waals surface area contributed by atoms with Crippen molar-refractivity contribution in [3.8, 4) is 11.5 Å². The van der Waals surface area contributed by atoms with Crippen molar-refractivity contribution in [1.29, 1.82) is 0 Å². The summed E-state index contributed by atoms with van der Waals surface area (Å²) < 4.78 is 24.9. The van der Waals surface area contributed by atoms with Gasteiger partial charge in [-0.05, 0) is 37.1 Å². The van der Waals surface area contributed by atoms with Gasteiger partial charge in [0.05, 0.1) is 25.8 Å². The van der Waals surface area contributed by atoms with Gasteiger partial charge >= 0.3 is 0 Å². The molecule has 0 saturated heterocycles. The summed E-state index contributed by atoms with van der Waals surface area (Å²) in [6.07, 6.45) is 0. The molecule has 0 aliphatic rings. The van der Waals surface area contributed by atoms with Gasteiger partial charge in [0.1, 0.15) is 17.3 Å². The van der Waals surface area contributed by atoms with Crippen LogP contribution >= 0.6 is 0 Å². The molecule has 3 nitrogen and oxygen atoms in total. The van der Waals surface area contributed by atoms with Crippen molar-refractivity contribution in [1.82, 2.24) is 0 Å². The summed E-state index contributed by atoms with van der Waals surface area (Å²) in [6.45, 7) is 3.96. The Morgan fingerprint density at radius 2 is 1.76 bits per heavy atom. The molecule has 0 spiro atoms. The molecule has 0 amide bonds. The predicted octanol–water partition coefficient (Wildman–Crippen LogP) is 3.51. The van der Waals surface area contributed by atoms with Crippen molar-refractivity contribution >= 4 is 0 Å². The van der Waals surface area contributed by atoms with Crippen molar-refractivity contribution in [3.63, 3.8) is 0 Å². The molecule has 0 aliphatic heterocycles. The first-order valence-electron chi connectivity index (χ1n) is 6.73. The summed E-state index contributed by atoms with van der Waals surface area (Å²) in [7, 11) is 3.10. The van der Waals surface area contributed by atoms with Crippen LogP contribution in [0.15, 0.2) is 30.3 Å². The lowest BCUT2D eigenvalue weighted by Gasteiger charge is -2.21. The Labute approximate surface area is 124 Å². The largest absolute Gasteiger partial charge is 0.496 e. The zero-order valence-electron chi connectivity index (χ0n) is 12.7. The van der Waals surface area contributed by atoms with E-state index in [-0.39, 0.29) is 5.82 Å². The molecular weight excluding hydrogens is 269 g/mol. The van der Waals surface area contributed by atoms with E-state index in [0.717, 1.165) is 16.7 Å². The lowest BCUT2D eigenvalue weighted by molar-refractivity contribution is 0.394. The third-order valence-electron chi connectivity index (χ3n) is 3.79. The van der Waals surface area contributed by atoms with Crippen molar-refractivity contribution in [2.24, 2.45) is 5.73 Å². The molecule has 1 unspecified atom stereocenters. The molecule has 2 aromatic rings. The van der Waals surface area contributed by atoms with Crippen LogP contribution in [0.2, 0.25) is 0 Å². The maximum absolute atomic E-state index is 14.2. The van der Waals surface area contributed by atoms with Crippen LogP contribution in [0.25, 0.3) is 0 Å². The molecule has 2 N–H and O–H groups in total. The third kappa shape index (κ3) is 2.72. The molecule has 0 fully saturated rings. The minimum absolute atomic E-state index is 0.335. The molecular formula is C17H20FNO2. The number of halogens is 1. The zero-order chi connectivity index (χ0) is 15.6. The standard InChI is InChI=1S/C17H20FNO2/c1-10-8-9-12(17(21-4)11(10)2)16(19)15-13(18)6-5-7-14(15)20-3/h5-9,16H,19H2,1-4H3. The Morgan fingerprint density at radius 3 is 2.38 bits per heavy atom. The van der Waals surface area contributed by atoms with Gasteiger partial charge < -0.3 is 15.2 Å². The van der Waals surface area contributed by atoms with Crippen LogP contribution in [0.5, 0.6) is 11.5 Å². The third-order valence-corrected chi connectivity index (χ3v) is 3.79. The summed E-state index contributed by atoms with van der Waals surface area (Å²) in [6, 6.07) is 7.85. The second kappa shape index (κ2) is 6.14. The van der Waals surface area contributed by atoms with Gasteiger partial charge in [0.15, 0.2) is 0 Å². The molecule has 21 heavy (non-hydrogen) atoms. The van der Waals surface area contributed by atoms with Crippen molar-refractivity contribution in [3.05, 3.63) is 58.4 Å². The molecule has 2 rings (SSSR count). The lowest BCUT2D eigenvalue weighted by atomic mass is 9.94. The maximum Gasteiger partial charge on any atom is 0.132 e. The van der Waals surface area contributed by atoms with Gasteiger partial charge in [-0.3, -0.25) is 0 Å². The van der Waals surface area contributed by atoms with Crippen LogP contribution < -0.4 is 15.2 Å². The molecule has 0 saturated carbocycles. The second-order valence-electron chi connectivity index (χ2n) is 4.96. The van der Waals surface area contributed by atoms with Crippen LogP contribution in [0.4, 0.5) is 4.39 Å². The van der Waals surface area contributed by atoms with E-state index in [9.17, 15) is 4.39 Å². The number of nitrogens with two attached hydrogens (primary N) is 1. The Kier molecular flexibility index (Phi) is 4.48. The van der Waals surface area contributed by atoms with E-state index >= 15 is 0 Å². The molecule has 0 bridgehead atoms. The molecule has 0 radical (unpaired) electrons. The average molecular weight is 289 g/mol. The molecule has 112 valence electrons. The van der Waals surface area contributed by atoms with Gasteiger partial charge in [0.2, 0.25) is 0 Å². The highest BCUT2D eigenvalue weighted by Crippen LogP contribution is 2.37. The molecule has 0 aromatic heterocycles. The van der Waals surface area contributed by atoms with Crippen molar-refractivity contribution in [2.45, 2.75) is 19.9 Å². The van der Waals surface area contributed by atoms with E-state index in [4.69, 9.17) is 15.2 Å². The SMILES string of the molecule is COc1cccc(F)c1C(N)c1ccc(C)c(C)c1OC. The predicted molar refractivity (Wildman–Crippen MR) is 81.5 cm³/mol. The van der Waals surface area contributed by atoms with Gasteiger partial charge in [-0.2, -0.15) is 0 Å². The van der Waals surface area contributed by atoms with E-state index in [1.807, 2.05) is 26.0 Å². The summed E-state index contributed by atoms with van der Waals surface area (Å²) in [4.78, 5) is 0. The Hall–Kier alpha value is -2.07. The second-order valence-corrected chi connectivity index (χ2v) is 4.96. The van der Waals surface area contributed by atoms with Gasteiger partial charge in [-0.1, -0.05) is 18.2 Å². The minimum atomic E-state index is -0.657. The fraction of sp³-hybridized carbons (Fsp3) is 0.294. The number of aryl methyl sites for hydroxylation is 1. The topological polar surface area (TPSA) is 44.5 Å². The normalized spacial score (nSPS) is 12.1. The summed E-state index contributed by atoms with van der Waals surface area (Å²) in [5.74, 6) is 0.734. The first-order chi connectivity index (χ1) is 10.0. The Morgan fingerprint density at radius 1 is 1.05 bits per heavy atom. The Balaban J connectivity index is 2.61. The van der Waals surface area contributed by atoms with Crippen LogP contribution in [0, 0.1) is 19.7 Å². The van der Waals surface area contributed by atoms with E-state index in [0.29, 0.717) is 17.1 Å². The molecule has 4 heteroatoms. The van der Waals surface area contributed by atoms with E-state index in [1.54, 1.807) is 19.2 Å². The van der Waals surface area contributed by atoms with E-state index in [1.165, 1.54) is 13.2 Å². The van der Waals surface area contributed by atoms with Gasteiger partial charge in [-0.25, -0.2) is 4.39 Å². The quantitative estimate of drug-likeness (QED) is 0.936. The highest BCUT2D eigenvalue weighted by molar-refractivity contribution is 5.51. The fourth-order valence-corrected chi connectivity index (χ4v) is 2.48. The lowest BCUT2D eigenvalue weighted by Crippen LogP contribution is -2.16. The summed E-state index contributed by atoms with van der Waals surface area (Å²) in [5, 5.41) is 0. The number of methoxy groups -OCH3 is 2. The first kappa shape index (κ1) is 15.3. The maximum atomic E-state index is 14.2. The molecule has 0 aliphatic carbocycles. The van der Waals surface area contributed by atoms with E-state index < -0.39 is 6.04 Å². The van der Waals surface area contributed by atoms with Crippen LogP contribution in [-0.2, 0) is 0 Å².